The fourth-order valence-electron chi connectivity index (χ4n) is 9.68. The Labute approximate surface area is 425 Å². The van der Waals surface area contributed by atoms with Crippen molar-refractivity contribution in [1.29, 1.82) is 0 Å². The molecule has 0 radical (unpaired) electrons. The third kappa shape index (κ3) is 55.3. The van der Waals surface area contributed by atoms with Gasteiger partial charge in [0.25, 0.3) is 0 Å². The van der Waals surface area contributed by atoms with Crippen LogP contribution >= 0.6 is 0 Å². The van der Waals surface area contributed by atoms with E-state index in [-0.39, 0.29) is 31.1 Å². The lowest BCUT2D eigenvalue weighted by molar-refractivity contribution is -0.167. The molecule has 1 atom stereocenters. The average molecular weight is 962 g/mol. The number of unbranched alkanes of at least 4 members (excludes halogenated alkanes) is 47. The number of hydrogen-bond donors (Lipinski definition) is 0. The van der Waals surface area contributed by atoms with E-state index in [1.165, 1.54) is 263 Å². The zero-order chi connectivity index (χ0) is 49.3. The summed E-state index contributed by atoms with van der Waals surface area (Å²) in [6, 6.07) is 0. The highest BCUT2D eigenvalue weighted by atomic mass is 16.6. The Hall–Kier alpha value is -1.59. The van der Waals surface area contributed by atoms with Crippen molar-refractivity contribution in [2.75, 3.05) is 13.2 Å². The van der Waals surface area contributed by atoms with Gasteiger partial charge in [0.05, 0.1) is 0 Å². The van der Waals surface area contributed by atoms with Gasteiger partial charge < -0.3 is 14.2 Å². The number of ether oxygens (including phenoxy) is 3. The minimum absolute atomic E-state index is 0.0617. The van der Waals surface area contributed by atoms with Crippen molar-refractivity contribution in [3.8, 4) is 0 Å². The second-order valence-corrected chi connectivity index (χ2v) is 21.3. The molecule has 68 heavy (non-hydrogen) atoms. The number of rotatable bonds is 58. The summed E-state index contributed by atoms with van der Waals surface area (Å²) in [5, 5.41) is 0. The summed E-state index contributed by atoms with van der Waals surface area (Å²) in [6.45, 7) is 6.67. The molecule has 0 rings (SSSR count). The summed E-state index contributed by atoms with van der Waals surface area (Å²) in [7, 11) is 0. The summed E-state index contributed by atoms with van der Waals surface area (Å²) in [5.74, 6) is -0.840. The second-order valence-electron chi connectivity index (χ2n) is 21.3. The molecule has 6 heteroatoms. The Morgan fingerprint density at radius 2 is 0.397 bits per heavy atom. The maximum atomic E-state index is 12.8. The minimum Gasteiger partial charge on any atom is -0.462 e. The highest BCUT2D eigenvalue weighted by molar-refractivity contribution is 5.71. The zero-order valence-electron chi connectivity index (χ0n) is 46.4. The van der Waals surface area contributed by atoms with Crippen molar-refractivity contribution in [3.63, 3.8) is 0 Å². The van der Waals surface area contributed by atoms with Gasteiger partial charge in [-0.2, -0.15) is 0 Å². The molecule has 0 N–H and O–H groups in total. The van der Waals surface area contributed by atoms with Crippen molar-refractivity contribution in [3.05, 3.63) is 0 Å². The van der Waals surface area contributed by atoms with Gasteiger partial charge in [0.1, 0.15) is 13.2 Å². The van der Waals surface area contributed by atoms with Crippen LogP contribution < -0.4 is 0 Å². The quantitative estimate of drug-likeness (QED) is 0.0343. The van der Waals surface area contributed by atoms with E-state index < -0.39 is 6.10 Å². The Bertz CT molecular complexity index is 1010. The summed E-state index contributed by atoms with van der Waals surface area (Å²) in [5.41, 5.74) is 0. The maximum Gasteiger partial charge on any atom is 0.306 e. The van der Waals surface area contributed by atoms with E-state index in [4.69, 9.17) is 14.2 Å². The first-order valence-corrected chi connectivity index (χ1v) is 31.0. The fraction of sp³-hybridized carbons (Fsp3) is 0.952. The normalized spacial score (nSPS) is 11.9. The van der Waals surface area contributed by atoms with Gasteiger partial charge in [-0.1, -0.05) is 323 Å². The van der Waals surface area contributed by atoms with Gasteiger partial charge in [0, 0.05) is 19.3 Å². The molecule has 0 aliphatic rings. The molecule has 0 saturated carbocycles. The minimum atomic E-state index is -0.760. The van der Waals surface area contributed by atoms with Gasteiger partial charge in [-0.15, -0.1) is 0 Å². The van der Waals surface area contributed by atoms with Gasteiger partial charge >= 0.3 is 17.9 Å². The van der Waals surface area contributed by atoms with E-state index in [2.05, 4.69) is 20.8 Å². The number of carbonyl (C=O) groups excluding carboxylic acids is 3. The zero-order valence-corrected chi connectivity index (χ0v) is 46.4. The monoisotopic (exact) mass is 961 g/mol. The van der Waals surface area contributed by atoms with Crippen LogP contribution in [0, 0.1) is 0 Å². The highest BCUT2D eigenvalue weighted by Gasteiger charge is 2.19. The van der Waals surface area contributed by atoms with E-state index in [1.54, 1.807) is 0 Å². The lowest BCUT2D eigenvalue weighted by Gasteiger charge is -2.18. The predicted molar refractivity (Wildman–Crippen MR) is 294 cm³/mol. The lowest BCUT2D eigenvalue weighted by Crippen LogP contribution is -2.30. The Balaban J connectivity index is 3.97. The van der Waals surface area contributed by atoms with Crippen LogP contribution in [0.3, 0.4) is 0 Å². The molecule has 0 amide bonds. The van der Waals surface area contributed by atoms with E-state index in [9.17, 15) is 14.4 Å². The van der Waals surface area contributed by atoms with E-state index in [0.717, 1.165) is 57.8 Å². The highest BCUT2D eigenvalue weighted by Crippen LogP contribution is 2.18. The third-order valence-electron chi connectivity index (χ3n) is 14.4. The molecule has 0 saturated heterocycles. The van der Waals surface area contributed by atoms with Crippen LogP contribution in [0.4, 0.5) is 0 Å². The van der Waals surface area contributed by atoms with Gasteiger partial charge in [0.15, 0.2) is 6.10 Å². The van der Waals surface area contributed by atoms with Crippen LogP contribution in [0.1, 0.15) is 361 Å². The molecule has 0 bridgehead atoms. The first-order chi connectivity index (χ1) is 33.5. The number of hydrogen-bond acceptors (Lipinski definition) is 6. The van der Waals surface area contributed by atoms with Gasteiger partial charge in [0.2, 0.25) is 0 Å². The molecule has 6 nitrogen and oxygen atoms in total. The maximum absolute atomic E-state index is 12.8. The summed E-state index contributed by atoms with van der Waals surface area (Å²) < 4.78 is 16.8. The molecule has 0 spiro atoms. The molecular weight excluding hydrogens is 841 g/mol. The molecule has 404 valence electrons. The predicted octanol–water partition coefficient (Wildman–Crippen LogP) is 20.7. The first kappa shape index (κ1) is 66.4. The second kappa shape index (κ2) is 58.0. The molecular formula is C62H120O6. The topological polar surface area (TPSA) is 78.9 Å². The van der Waals surface area contributed by atoms with Crippen LogP contribution in [0.5, 0.6) is 0 Å². The molecule has 0 heterocycles. The van der Waals surface area contributed by atoms with Crippen LogP contribution in [0.2, 0.25) is 0 Å². The first-order valence-electron chi connectivity index (χ1n) is 31.0. The van der Waals surface area contributed by atoms with Crippen molar-refractivity contribution in [2.45, 2.75) is 367 Å². The Morgan fingerprint density at radius 3 is 0.588 bits per heavy atom. The fourth-order valence-corrected chi connectivity index (χ4v) is 9.68. The van der Waals surface area contributed by atoms with Crippen LogP contribution in [-0.4, -0.2) is 37.2 Å². The summed E-state index contributed by atoms with van der Waals surface area (Å²) in [6.07, 6.45) is 65.7. The van der Waals surface area contributed by atoms with Crippen molar-refractivity contribution in [1.82, 2.24) is 0 Å². The summed E-state index contributed by atoms with van der Waals surface area (Å²) in [4.78, 5) is 38.0. The Morgan fingerprint density at radius 1 is 0.235 bits per heavy atom. The molecule has 0 aromatic heterocycles. The molecule has 1 unspecified atom stereocenters. The molecule has 0 aromatic rings. The SMILES string of the molecule is CCCCCCCCCCCCCCCCCCCCCCCCCCCCCCCC(=O)OCC(COC(=O)CCCCCCCCCC)OC(=O)CCCCCCCCCCCCCCC. The molecule has 0 fully saturated rings. The third-order valence-corrected chi connectivity index (χ3v) is 14.4. The molecule has 0 aromatic carbocycles. The van der Waals surface area contributed by atoms with Crippen LogP contribution in [-0.2, 0) is 28.6 Å². The van der Waals surface area contributed by atoms with Gasteiger partial charge in [-0.3, -0.25) is 14.4 Å². The average Bonchev–Trinajstić information content (AvgIpc) is 3.34. The van der Waals surface area contributed by atoms with Gasteiger partial charge in [-0.25, -0.2) is 0 Å². The summed E-state index contributed by atoms with van der Waals surface area (Å²) >= 11 is 0. The van der Waals surface area contributed by atoms with Crippen LogP contribution in [0.15, 0.2) is 0 Å². The molecule has 0 aliphatic heterocycles. The Kier molecular flexibility index (Phi) is 56.6. The van der Waals surface area contributed by atoms with E-state index in [0.29, 0.717) is 19.3 Å². The smallest absolute Gasteiger partial charge is 0.306 e. The van der Waals surface area contributed by atoms with Gasteiger partial charge in [-0.05, 0) is 19.3 Å². The number of carbonyl (C=O) groups is 3. The van der Waals surface area contributed by atoms with E-state index >= 15 is 0 Å². The number of esters is 3. The van der Waals surface area contributed by atoms with Crippen molar-refractivity contribution in [2.24, 2.45) is 0 Å². The van der Waals surface area contributed by atoms with Crippen molar-refractivity contribution < 1.29 is 28.6 Å². The molecule has 0 aliphatic carbocycles. The largest absolute Gasteiger partial charge is 0.462 e. The standard InChI is InChI=1S/C62H120O6/c1-4-7-10-13-16-19-21-23-24-25-26-27-28-29-30-31-32-33-34-35-36-37-38-40-41-43-46-49-52-55-61(64)67-58-59(57-66-60(63)54-51-48-45-18-15-12-9-6-3)68-62(65)56-53-50-47-44-42-39-22-20-17-14-11-8-5-2/h59H,4-58H2,1-3H3. The van der Waals surface area contributed by atoms with E-state index in [1.807, 2.05) is 0 Å². The lowest BCUT2D eigenvalue weighted by atomic mass is 10.0. The van der Waals surface area contributed by atoms with Crippen molar-refractivity contribution >= 4 is 17.9 Å². The van der Waals surface area contributed by atoms with Crippen LogP contribution in [0.25, 0.3) is 0 Å².